The van der Waals surface area contributed by atoms with E-state index >= 15 is 0 Å². The molecule has 1 amide bonds. The summed E-state index contributed by atoms with van der Waals surface area (Å²) in [5, 5.41) is 8.09. The minimum absolute atomic E-state index is 0.0193. The third kappa shape index (κ3) is 5.09. The monoisotopic (exact) mass is 402 g/mol. The quantitative estimate of drug-likeness (QED) is 0.794. The van der Waals surface area contributed by atoms with E-state index < -0.39 is 10.0 Å². The van der Waals surface area contributed by atoms with E-state index in [9.17, 15) is 13.2 Å². The van der Waals surface area contributed by atoms with Gasteiger partial charge >= 0.3 is 0 Å². The molecule has 1 aliphatic rings. The zero-order valence-corrected chi connectivity index (χ0v) is 17.0. The third-order valence-corrected chi connectivity index (χ3v) is 5.99. The molecule has 3 rings (SSSR count). The Hall–Kier alpha value is -2.42. The number of aryl methyl sites for hydroxylation is 2. The Morgan fingerprint density at radius 2 is 1.64 bits per heavy atom. The van der Waals surface area contributed by atoms with E-state index in [4.69, 9.17) is 5.14 Å². The molecule has 0 spiro atoms. The first kappa shape index (κ1) is 20.3. The van der Waals surface area contributed by atoms with Crippen LogP contribution in [0.2, 0.25) is 0 Å². The number of piperazine rings is 1. The maximum absolute atomic E-state index is 12.3. The largest absolute Gasteiger partial charge is 0.369 e. The van der Waals surface area contributed by atoms with E-state index in [1.807, 2.05) is 32.0 Å². The second-order valence-corrected chi connectivity index (χ2v) is 8.71. The van der Waals surface area contributed by atoms with Crippen LogP contribution in [0.4, 0.5) is 11.4 Å². The number of nitrogens with two attached hydrogens (primary N) is 1. The Bertz CT molecular complexity index is 950. The Labute approximate surface area is 166 Å². The lowest BCUT2D eigenvalue weighted by Gasteiger charge is -2.35. The van der Waals surface area contributed by atoms with Gasteiger partial charge in [0.1, 0.15) is 0 Å². The van der Waals surface area contributed by atoms with Crippen molar-refractivity contribution in [3.63, 3.8) is 0 Å². The minimum atomic E-state index is -3.67. The molecule has 28 heavy (non-hydrogen) atoms. The second kappa shape index (κ2) is 8.30. The van der Waals surface area contributed by atoms with Gasteiger partial charge in [0.25, 0.3) is 0 Å². The summed E-state index contributed by atoms with van der Waals surface area (Å²) in [6.45, 7) is 7.49. The first-order chi connectivity index (χ1) is 13.2. The van der Waals surface area contributed by atoms with Crippen molar-refractivity contribution in [3.05, 3.63) is 53.6 Å². The highest BCUT2D eigenvalue weighted by Crippen LogP contribution is 2.19. The molecule has 0 atom stereocenters. The average Bonchev–Trinajstić information content (AvgIpc) is 2.65. The molecular weight excluding hydrogens is 376 g/mol. The number of hydrogen-bond acceptors (Lipinski definition) is 5. The molecule has 0 aromatic heterocycles. The second-order valence-electron chi connectivity index (χ2n) is 7.15. The summed E-state index contributed by atoms with van der Waals surface area (Å²) in [5.74, 6) is -0.0193. The lowest BCUT2D eigenvalue weighted by Crippen LogP contribution is -2.48. The maximum atomic E-state index is 12.3. The number of nitrogens with zero attached hydrogens (tertiary/aromatic N) is 2. The van der Waals surface area contributed by atoms with Crippen LogP contribution in [0.5, 0.6) is 0 Å². The van der Waals surface area contributed by atoms with Crippen molar-refractivity contribution < 1.29 is 13.2 Å². The molecule has 3 N–H and O–H groups in total. The van der Waals surface area contributed by atoms with Gasteiger partial charge in [0.05, 0.1) is 11.4 Å². The first-order valence-corrected chi connectivity index (χ1v) is 10.7. The summed E-state index contributed by atoms with van der Waals surface area (Å²) in [4.78, 5) is 16.7. The van der Waals surface area contributed by atoms with Gasteiger partial charge in [-0.15, -0.1) is 0 Å². The number of anilines is 2. The molecule has 1 heterocycles. The zero-order chi connectivity index (χ0) is 20.3. The molecule has 2 aromatic carbocycles. The smallest absolute Gasteiger partial charge is 0.238 e. The number of carbonyl (C=O) groups excluding carboxylic acids is 1. The van der Waals surface area contributed by atoms with Crippen LogP contribution in [0, 0.1) is 13.8 Å². The van der Waals surface area contributed by atoms with Crippen LogP contribution < -0.4 is 15.4 Å². The molecule has 0 saturated carbocycles. The predicted octanol–water partition coefficient (Wildman–Crippen LogP) is 1.71. The number of benzene rings is 2. The van der Waals surface area contributed by atoms with E-state index in [1.165, 1.54) is 17.7 Å². The molecule has 2 aromatic rings. The van der Waals surface area contributed by atoms with Gasteiger partial charge in [-0.25, -0.2) is 13.6 Å². The fourth-order valence-electron chi connectivity index (χ4n) is 3.23. The summed E-state index contributed by atoms with van der Waals surface area (Å²) >= 11 is 0. The van der Waals surface area contributed by atoms with Crippen LogP contribution in [0.1, 0.15) is 11.1 Å². The molecule has 0 radical (unpaired) electrons. The average molecular weight is 403 g/mol. The maximum Gasteiger partial charge on any atom is 0.238 e. The highest BCUT2D eigenvalue weighted by atomic mass is 32.2. The van der Waals surface area contributed by atoms with Crippen LogP contribution in [0.3, 0.4) is 0 Å². The molecule has 8 heteroatoms. The molecule has 0 unspecified atom stereocenters. The predicted molar refractivity (Wildman–Crippen MR) is 111 cm³/mol. The van der Waals surface area contributed by atoms with Gasteiger partial charge in [0.2, 0.25) is 15.9 Å². The number of nitrogens with one attached hydrogen (secondary N) is 1. The summed E-state index contributed by atoms with van der Waals surface area (Å²) in [6.07, 6.45) is 0. The number of amides is 1. The fourth-order valence-corrected chi connectivity index (χ4v) is 3.75. The summed E-state index contributed by atoms with van der Waals surface area (Å²) in [7, 11) is -3.67. The molecule has 7 nitrogen and oxygen atoms in total. The lowest BCUT2D eigenvalue weighted by molar-refractivity contribution is -0.117. The molecular formula is C20H26N4O3S. The van der Waals surface area contributed by atoms with Gasteiger partial charge in [-0.05, 0) is 61.4 Å². The van der Waals surface area contributed by atoms with Gasteiger partial charge < -0.3 is 10.2 Å². The number of hydrogen-bond donors (Lipinski definition) is 2. The number of sulfonamides is 1. The molecule has 0 aliphatic carbocycles. The van der Waals surface area contributed by atoms with Crippen molar-refractivity contribution in [2.75, 3.05) is 42.9 Å². The van der Waals surface area contributed by atoms with Crippen molar-refractivity contribution in [2.45, 2.75) is 18.7 Å². The topological polar surface area (TPSA) is 95.7 Å². The van der Waals surface area contributed by atoms with E-state index in [0.29, 0.717) is 6.54 Å². The third-order valence-electron chi connectivity index (χ3n) is 5.06. The summed E-state index contributed by atoms with van der Waals surface area (Å²) < 4.78 is 22.7. The molecule has 1 saturated heterocycles. The lowest BCUT2D eigenvalue weighted by atomic mass is 10.1. The summed E-state index contributed by atoms with van der Waals surface area (Å²) in [6, 6.07) is 12.5. The first-order valence-electron chi connectivity index (χ1n) is 9.19. The van der Waals surface area contributed by atoms with Crippen LogP contribution in [-0.4, -0.2) is 51.9 Å². The van der Waals surface area contributed by atoms with Crippen LogP contribution >= 0.6 is 0 Å². The van der Waals surface area contributed by atoms with Gasteiger partial charge in [-0.1, -0.05) is 6.07 Å². The van der Waals surface area contributed by atoms with E-state index in [0.717, 1.165) is 43.1 Å². The molecule has 150 valence electrons. The zero-order valence-electron chi connectivity index (χ0n) is 16.2. The minimum Gasteiger partial charge on any atom is -0.369 e. The highest BCUT2D eigenvalue weighted by molar-refractivity contribution is 7.89. The van der Waals surface area contributed by atoms with Gasteiger partial charge in [0, 0.05) is 37.6 Å². The van der Waals surface area contributed by atoms with Gasteiger partial charge in [0.15, 0.2) is 0 Å². The van der Waals surface area contributed by atoms with E-state index in [2.05, 4.69) is 15.1 Å². The van der Waals surface area contributed by atoms with Gasteiger partial charge in [-0.3, -0.25) is 9.69 Å². The SMILES string of the molecule is Cc1ccc(NC(=O)CN2CCN(c3ccc(S(N)(=O)=O)cc3)CC2)cc1C. The fraction of sp³-hybridized carbons (Fsp3) is 0.350. The van der Waals surface area contributed by atoms with Crippen molar-refractivity contribution in [2.24, 2.45) is 5.14 Å². The Kier molecular flexibility index (Phi) is 6.02. The van der Waals surface area contributed by atoms with Gasteiger partial charge in [-0.2, -0.15) is 0 Å². The standard InChI is InChI=1S/C20H26N4O3S/c1-15-3-4-17(13-16(15)2)22-20(25)14-23-9-11-24(12-10-23)18-5-7-19(8-6-18)28(21,26)27/h3-8,13H,9-12,14H2,1-2H3,(H,22,25)(H2,21,26,27). The number of primary sulfonamides is 1. The van der Waals surface area contributed by atoms with Crippen molar-refractivity contribution in [1.29, 1.82) is 0 Å². The normalized spacial score (nSPS) is 15.5. The van der Waals surface area contributed by atoms with Crippen LogP contribution in [0.25, 0.3) is 0 Å². The molecule has 1 aliphatic heterocycles. The Balaban J connectivity index is 1.51. The van der Waals surface area contributed by atoms with Crippen LogP contribution in [-0.2, 0) is 14.8 Å². The van der Waals surface area contributed by atoms with E-state index in [-0.39, 0.29) is 10.8 Å². The van der Waals surface area contributed by atoms with Crippen LogP contribution in [0.15, 0.2) is 47.4 Å². The number of carbonyl (C=O) groups is 1. The Morgan fingerprint density at radius 3 is 2.21 bits per heavy atom. The van der Waals surface area contributed by atoms with Crippen molar-refractivity contribution in [3.8, 4) is 0 Å². The van der Waals surface area contributed by atoms with Crippen molar-refractivity contribution >= 4 is 27.3 Å². The molecule has 1 fully saturated rings. The van der Waals surface area contributed by atoms with E-state index in [1.54, 1.807) is 12.1 Å². The molecule has 0 bridgehead atoms. The summed E-state index contributed by atoms with van der Waals surface area (Å²) in [5.41, 5.74) is 4.12. The Morgan fingerprint density at radius 1 is 1.00 bits per heavy atom. The number of rotatable bonds is 5. The highest BCUT2D eigenvalue weighted by Gasteiger charge is 2.20. The van der Waals surface area contributed by atoms with Crippen molar-refractivity contribution in [1.82, 2.24) is 4.90 Å².